The van der Waals surface area contributed by atoms with Crippen LogP contribution in [0.5, 0.6) is 23.0 Å². The number of benzene rings is 3. The smallest absolute Gasteiger partial charge is 0.361 e. The van der Waals surface area contributed by atoms with Gasteiger partial charge in [-0.1, -0.05) is 49.2 Å². The fourth-order valence-electron chi connectivity index (χ4n) is 3.65. The van der Waals surface area contributed by atoms with Crippen LogP contribution in [0.15, 0.2) is 60.7 Å². The van der Waals surface area contributed by atoms with Crippen LogP contribution < -0.4 is 29.2 Å². The summed E-state index contributed by atoms with van der Waals surface area (Å²) >= 11 is 12.5. The molecular weight excluding hydrogens is 501 g/mol. The zero-order chi connectivity index (χ0) is 25.5. The number of hydrogen-bond donors (Lipinski definition) is 1. The average molecular weight is 531 g/mol. The number of hydrogen-bond acceptors (Lipinski definition) is 5. The zero-order valence-corrected chi connectivity index (χ0v) is 21.9. The molecule has 1 aromatic heterocycles. The molecule has 1 heterocycles. The maximum absolute atomic E-state index is 6.56. The summed E-state index contributed by atoms with van der Waals surface area (Å²) in [7, 11) is 0. The third kappa shape index (κ3) is 5.91. The largest absolute Gasteiger partial charge is 0.492 e. The van der Waals surface area contributed by atoms with Gasteiger partial charge < -0.3 is 18.9 Å². The standard InChI is InChI=1S/C27H29Cl2N3O4/c1-3-13-33-25-15-19(9-11-21(25)28)35-17-31-23-7-5-6-8-24(23)32(27(31)30)18-36-20-10-12-22(29)26(16-20)34-14-4-2/h5-12,15-16,30H,3-4,13-14,17-18H2,1-2H3/p+1. The number of imidazole rings is 1. The molecule has 0 aliphatic carbocycles. The Kier molecular flexibility index (Phi) is 8.67. The van der Waals surface area contributed by atoms with Crippen LogP contribution >= 0.6 is 23.2 Å². The Labute approximate surface area is 220 Å². The molecule has 0 aliphatic rings. The highest BCUT2D eigenvalue weighted by atomic mass is 35.5. The molecule has 3 aromatic carbocycles. The number of aromatic nitrogens is 2. The van der Waals surface area contributed by atoms with Crippen molar-refractivity contribution in [2.45, 2.75) is 40.2 Å². The number of halogens is 2. The highest BCUT2D eigenvalue weighted by Crippen LogP contribution is 2.31. The molecule has 0 atom stereocenters. The van der Waals surface area contributed by atoms with Crippen molar-refractivity contribution >= 4 is 40.2 Å². The van der Waals surface area contributed by atoms with E-state index in [-0.39, 0.29) is 13.5 Å². The molecular formula is C27H30Cl2N3O4+. The maximum Gasteiger partial charge on any atom is 0.361 e. The molecule has 0 unspecified atom stereocenters. The first kappa shape index (κ1) is 25.8. The van der Waals surface area contributed by atoms with Crippen LogP contribution in [-0.2, 0) is 13.5 Å². The zero-order valence-electron chi connectivity index (χ0n) is 20.4. The summed E-state index contributed by atoms with van der Waals surface area (Å²) in [4.78, 5) is 0. The van der Waals surface area contributed by atoms with Gasteiger partial charge in [-0.25, -0.2) is 0 Å². The number of ether oxygens (including phenoxy) is 4. The van der Waals surface area contributed by atoms with Gasteiger partial charge in [-0.15, -0.1) is 0 Å². The van der Waals surface area contributed by atoms with Crippen molar-refractivity contribution in [2.24, 2.45) is 0 Å². The van der Waals surface area contributed by atoms with E-state index in [4.69, 9.17) is 47.9 Å². The third-order valence-corrected chi connectivity index (χ3v) is 6.09. The van der Waals surface area contributed by atoms with Crippen molar-refractivity contribution in [3.05, 3.63) is 70.7 Å². The van der Waals surface area contributed by atoms with Crippen LogP contribution in [0.4, 0.5) is 5.95 Å². The van der Waals surface area contributed by atoms with Crippen LogP contribution in [-0.4, -0.2) is 17.8 Å². The van der Waals surface area contributed by atoms with Crippen molar-refractivity contribution in [3.63, 3.8) is 0 Å². The average Bonchev–Trinajstić information content (AvgIpc) is 3.16. The molecule has 0 saturated heterocycles. The SMILES string of the molecule is CCCOc1cc(OCn2c(N)[n+](COc3ccc(Cl)c(OCCC)c3)c3ccccc32)ccc1Cl. The number of para-hydroxylation sites is 2. The minimum atomic E-state index is 0.199. The Morgan fingerprint density at radius 3 is 1.97 bits per heavy atom. The van der Waals surface area contributed by atoms with Gasteiger partial charge in [-0.05, 0) is 49.2 Å². The highest BCUT2D eigenvalue weighted by molar-refractivity contribution is 6.32. The molecule has 4 aromatic rings. The lowest BCUT2D eigenvalue weighted by atomic mass is 10.3. The molecule has 0 bridgehead atoms. The van der Waals surface area contributed by atoms with Crippen molar-refractivity contribution < 1.29 is 23.5 Å². The number of nitrogens with zero attached hydrogens (tertiary/aromatic N) is 2. The fraction of sp³-hybridized carbons (Fsp3) is 0.296. The van der Waals surface area contributed by atoms with E-state index >= 15 is 0 Å². The van der Waals surface area contributed by atoms with E-state index < -0.39 is 0 Å². The minimum Gasteiger partial charge on any atom is -0.492 e. The lowest BCUT2D eigenvalue weighted by molar-refractivity contribution is -0.687. The van der Waals surface area contributed by atoms with Gasteiger partial charge in [0.2, 0.25) is 13.5 Å². The van der Waals surface area contributed by atoms with Crippen molar-refractivity contribution in [3.8, 4) is 23.0 Å². The third-order valence-electron chi connectivity index (χ3n) is 5.47. The Bertz CT molecular complexity index is 1230. The van der Waals surface area contributed by atoms with Gasteiger partial charge in [0.1, 0.15) is 34.0 Å². The van der Waals surface area contributed by atoms with Gasteiger partial charge in [0.05, 0.1) is 23.3 Å². The number of anilines is 1. The lowest BCUT2D eigenvalue weighted by Crippen LogP contribution is -2.39. The Hall–Kier alpha value is -3.29. The molecule has 4 rings (SSSR count). The van der Waals surface area contributed by atoms with Crippen LogP contribution in [0.1, 0.15) is 26.7 Å². The number of fused-ring (bicyclic) bond motifs is 1. The molecule has 0 fully saturated rings. The molecule has 36 heavy (non-hydrogen) atoms. The predicted octanol–water partition coefficient (Wildman–Crippen LogP) is 6.47. The first-order chi connectivity index (χ1) is 17.5. The number of nitrogens with two attached hydrogens (primary N) is 1. The summed E-state index contributed by atoms with van der Waals surface area (Å²) in [6, 6.07) is 18.6. The fourth-order valence-corrected chi connectivity index (χ4v) is 4.00. The summed E-state index contributed by atoms with van der Waals surface area (Å²) in [6.07, 6.45) is 1.77. The van der Waals surface area contributed by atoms with Crippen molar-refractivity contribution in [2.75, 3.05) is 18.9 Å². The number of rotatable bonds is 12. The van der Waals surface area contributed by atoms with E-state index in [9.17, 15) is 0 Å². The second-order valence-electron chi connectivity index (χ2n) is 8.13. The van der Waals surface area contributed by atoms with Gasteiger partial charge in [0.15, 0.2) is 0 Å². The first-order valence-corrected chi connectivity index (χ1v) is 12.6. The Balaban J connectivity index is 1.53. The summed E-state index contributed by atoms with van der Waals surface area (Å²) < 4.78 is 27.3. The molecule has 0 radical (unpaired) electrons. The molecule has 0 spiro atoms. The van der Waals surface area contributed by atoms with Gasteiger partial charge in [0.25, 0.3) is 0 Å². The van der Waals surface area contributed by atoms with E-state index in [0.29, 0.717) is 52.2 Å². The van der Waals surface area contributed by atoms with Crippen molar-refractivity contribution in [1.29, 1.82) is 0 Å². The van der Waals surface area contributed by atoms with E-state index in [1.165, 1.54) is 0 Å². The number of nitrogen functional groups attached to an aromatic ring is 1. The van der Waals surface area contributed by atoms with Crippen LogP contribution in [0, 0.1) is 0 Å². The summed E-state index contributed by atoms with van der Waals surface area (Å²) in [5.74, 6) is 2.94. The van der Waals surface area contributed by atoms with Gasteiger partial charge in [-0.2, -0.15) is 9.13 Å². The maximum atomic E-state index is 6.56. The molecule has 7 nitrogen and oxygen atoms in total. The normalized spacial score (nSPS) is 11.0. The van der Waals surface area contributed by atoms with Crippen LogP contribution in [0.3, 0.4) is 0 Å². The summed E-state index contributed by atoms with van der Waals surface area (Å²) in [5, 5.41) is 1.09. The summed E-state index contributed by atoms with van der Waals surface area (Å²) in [6.45, 7) is 5.64. The monoisotopic (exact) mass is 530 g/mol. The predicted molar refractivity (Wildman–Crippen MR) is 142 cm³/mol. The molecule has 190 valence electrons. The molecule has 9 heteroatoms. The second kappa shape index (κ2) is 12.1. The van der Waals surface area contributed by atoms with Crippen molar-refractivity contribution in [1.82, 2.24) is 4.57 Å². The summed E-state index contributed by atoms with van der Waals surface area (Å²) in [5.41, 5.74) is 8.39. The quantitative estimate of drug-likeness (QED) is 0.212. The van der Waals surface area contributed by atoms with Crippen LogP contribution in [0.25, 0.3) is 11.0 Å². The van der Waals surface area contributed by atoms with E-state index in [1.54, 1.807) is 36.4 Å². The van der Waals surface area contributed by atoms with Gasteiger partial charge in [0, 0.05) is 12.1 Å². The van der Waals surface area contributed by atoms with Crippen LogP contribution in [0.2, 0.25) is 10.0 Å². The highest BCUT2D eigenvalue weighted by Gasteiger charge is 2.22. The first-order valence-electron chi connectivity index (χ1n) is 11.9. The van der Waals surface area contributed by atoms with E-state index in [2.05, 4.69) is 0 Å². The van der Waals surface area contributed by atoms with E-state index in [0.717, 1.165) is 23.9 Å². The molecule has 2 N–H and O–H groups in total. The topological polar surface area (TPSA) is 71.8 Å². The second-order valence-corrected chi connectivity index (χ2v) is 8.95. The molecule has 0 saturated carbocycles. The Morgan fingerprint density at radius 1 is 0.778 bits per heavy atom. The lowest BCUT2D eigenvalue weighted by Gasteiger charge is -2.11. The van der Waals surface area contributed by atoms with Gasteiger partial charge >= 0.3 is 5.95 Å². The van der Waals surface area contributed by atoms with Gasteiger partial charge in [-0.3, -0.25) is 5.73 Å². The molecule has 0 amide bonds. The van der Waals surface area contributed by atoms with E-state index in [1.807, 2.05) is 47.2 Å². The Morgan fingerprint density at radius 2 is 1.36 bits per heavy atom. The molecule has 0 aliphatic heterocycles. The minimum absolute atomic E-state index is 0.199.